The smallest absolute Gasteiger partial charge is 0.124 e. The van der Waals surface area contributed by atoms with Crippen LogP contribution in [0.2, 0.25) is 0 Å². The first-order valence-electron chi connectivity index (χ1n) is 7.31. The van der Waals surface area contributed by atoms with Crippen LogP contribution in [0.15, 0.2) is 41.1 Å². The van der Waals surface area contributed by atoms with Crippen molar-refractivity contribution >= 4 is 11.3 Å². The lowest BCUT2D eigenvalue weighted by atomic mass is 10.0. The third kappa shape index (κ3) is 4.09. The molecule has 0 aliphatic rings. The van der Waals surface area contributed by atoms with E-state index in [9.17, 15) is 0 Å². The molecule has 1 aromatic heterocycles. The van der Waals surface area contributed by atoms with Gasteiger partial charge >= 0.3 is 0 Å². The van der Waals surface area contributed by atoms with Crippen molar-refractivity contribution in [3.05, 3.63) is 52.2 Å². The van der Waals surface area contributed by atoms with E-state index in [4.69, 9.17) is 4.74 Å². The third-order valence-electron chi connectivity index (χ3n) is 3.38. The van der Waals surface area contributed by atoms with Gasteiger partial charge in [-0.25, -0.2) is 0 Å². The fourth-order valence-corrected chi connectivity index (χ4v) is 3.04. The Bertz CT molecular complexity index is 495. The molecular formula is C17H23NOS. The van der Waals surface area contributed by atoms with E-state index in [1.165, 1.54) is 11.1 Å². The zero-order valence-corrected chi connectivity index (χ0v) is 13.1. The number of thiophene rings is 1. The molecule has 1 aromatic carbocycles. The lowest BCUT2D eigenvalue weighted by molar-refractivity contribution is 0.314. The van der Waals surface area contributed by atoms with Gasteiger partial charge in [0.15, 0.2) is 0 Å². The van der Waals surface area contributed by atoms with Gasteiger partial charge in [-0.3, -0.25) is 0 Å². The largest absolute Gasteiger partial charge is 0.493 e. The fourth-order valence-electron chi connectivity index (χ4n) is 2.33. The lowest BCUT2D eigenvalue weighted by Crippen LogP contribution is -2.21. The second-order valence-corrected chi connectivity index (χ2v) is 5.57. The topological polar surface area (TPSA) is 21.3 Å². The van der Waals surface area contributed by atoms with Gasteiger partial charge in [-0.2, -0.15) is 11.3 Å². The molecule has 3 heteroatoms. The molecule has 1 atom stereocenters. The highest BCUT2D eigenvalue weighted by Crippen LogP contribution is 2.27. The summed E-state index contributed by atoms with van der Waals surface area (Å²) in [5, 5.41) is 7.81. The molecule has 2 aromatic rings. The second kappa shape index (κ2) is 8.08. The monoisotopic (exact) mass is 289 g/mol. The van der Waals surface area contributed by atoms with Gasteiger partial charge < -0.3 is 10.1 Å². The van der Waals surface area contributed by atoms with Gasteiger partial charge in [0, 0.05) is 18.0 Å². The van der Waals surface area contributed by atoms with Crippen LogP contribution >= 0.6 is 11.3 Å². The van der Waals surface area contributed by atoms with Crippen molar-refractivity contribution in [3.63, 3.8) is 0 Å². The van der Waals surface area contributed by atoms with Gasteiger partial charge in [0.05, 0.1) is 6.61 Å². The highest BCUT2D eigenvalue weighted by Gasteiger charge is 2.12. The van der Waals surface area contributed by atoms with Crippen molar-refractivity contribution in [2.24, 2.45) is 0 Å². The molecule has 108 valence electrons. The minimum Gasteiger partial charge on any atom is -0.493 e. The predicted molar refractivity (Wildman–Crippen MR) is 86.7 cm³/mol. The van der Waals surface area contributed by atoms with Crippen molar-refractivity contribution < 1.29 is 4.74 Å². The van der Waals surface area contributed by atoms with Gasteiger partial charge in [0.25, 0.3) is 0 Å². The van der Waals surface area contributed by atoms with Crippen molar-refractivity contribution in [1.29, 1.82) is 0 Å². The highest BCUT2D eigenvalue weighted by molar-refractivity contribution is 7.07. The first kappa shape index (κ1) is 15.1. The molecule has 20 heavy (non-hydrogen) atoms. The molecule has 0 bridgehead atoms. The number of ether oxygens (including phenoxy) is 1. The Morgan fingerprint density at radius 2 is 2.05 bits per heavy atom. The summed E-state index contributed by atoms with van der Waals surface area (Å²) in [6.07, 6.45) is 2.04. The van der Waals surface area contributed by atoms with Gasteiger partial charge in [-0.1, -0.05) is 32.0 Å². The third-order valence-corrected chi connectivity index (χ3v) is 4.11. The molecule has 0 radical (unpaired) electrons. The average molecular weight is 289 g/mol. The number of benzene rings is 1. The summed E-state index contributed by atoms with van der Waals surface area (Å²) in [6.45, 7) is 6.05. The summed E-state index contributed by atoms with van der Waals surface area (Å²) in [7, 11) is 0. The first-order valence-corrected chi connectivity index (χ1v) is 8.25. The van der Waals surface area contributed by atoms with Crippen LogP contribution in [0.25, 0.3) is 0 Å². The van der Waals surface area contributed by atoms with Crippen LogP contribution < -0.4 is 10.1 Å². The van der Waals surface area contributed by atoms with E-state index in [2.05, 4.69) is 54.2 Å². The van der Waals surface area contributed by atoms with Gasteiger partial charge in [-0.15, -0.1) is 0 Å². The summed E-state index contributed by atoms with van der Waals surface area (Å²) < 4.78 is 6.00. The van der Waals surface area contributed by atoms with E-state index in [1.807, 2.05) is 6.07 Å². The molecule has 0 fully saturated rings. The van der Waals surface area contributed by atoms with Crippen LogP contribution in [0.5, 0.6) is 5.75 Å². The summed E-state index contributed by atoms with van der Waals surface area (Å²) >= 11 is 1.74. The predicted octanol–water partition coefficient (Wildman–Crippen LogP) is 4.43. The Morgan fingerprint density at radius 3 is 2.75 bits per heavy atom. The molecule has 1 N–H and O–H groups in total. The molecular weight excluding hydrogens is 266 g/mol. The van der Waals surface area contributed by atoms with E-state index < -0.39 is 0 Å². The standard InChI is InChI=1S/C17H23NOS/c1-3-16(18-4-2)15-7-5-6-8-17(15)19-11-9-14-10-12-20-13-14/h5-8,10,12-13,16,18H,3-4,9,11H2,1-2H3. The molecule has 2 rings (SSSR count). The normalized spacial score (nSPS) is 12.3. The van der Waals surface area contributed by atoms with Crippen LogP contribution in [0.4, 0.5) is 0 Å². The summed E-state index contributed by atoms with van der Waals surface area (Å²) in [4.78, 5) is 0. The summed E-state index contributed by atoms with van der Waals surface area (Å²) in [5.41, 5.74) is 2.62. The molecule has 0 aliphatic heterocycles. The van der Waals surface area contributed by atoms with E-state index in [1.54, 1.807) is 11.3 Å². The Balaban J connectivity index is 1.99. The zero-order chi connectivity index (χ0) is 14.2. The number of rotatable bonds is 8. The Morgan fingerprint density at radius 1 is 1.20 bits per heavy atom. The van der Waals surface area contributed by atoms with Crippen molar-refractivity contribution in [1.82, 2.24) is 5.32 Å². The molecule has 1 unspecified atom stereocenters. The van der Waals surface area contributed by atoms with E-state index >= 15 is 0 Å². The minimum absolute atomic E-state index is 0.373. The number of hydrogen-bond acceptors (Lipinski definition) is 3. The minimum atomic E-state index is 0.373. The SMILES string of the molecule is CCNC(CC)c1ccccc1OCCc1ccsc1. The molecule has 0 spiro atoms. The van der Waals surface area contributed by atoms with Crippen LogP contribution in [0, 0.1) is 0 Å². The second-order valence-electron chi connectivity index (χ2n) is 4.79. The van der Waals surface area contributed by atoms with Gasteiger partial charge in [0.2, 0.25) is 0 Å². The average Bonchev–Trinajstić information content (AvgIpc) is 2.99. The maximum atomic E-state index is 6.00. The number of nitrogens with one attached hydrogen (secondary N) is 1. The summed E-state index contributed by atoms with van der Waals surface area (Å²) in [5.74, 6) is 1.01. The Hall–Kier alpha value is -1.32. The highest BCUT2D eigenvalue weighted by atomic mass is 32.1. The van der Waals surface area contributed by atoms with Gasteiger partial charge in [0.1, 0.15) is 5.75 Å². The van der Waals surface area contributed by atoms with Gasteiger partial charge in [-0.05, 0) is 41.4 Å². The molecule has 0 saturated carbocycles. The van der Waals surface area contributed by atoms with Crippen molar-refractivity contribution in [2.45, 2.75) is 32.7 Å². The molecule has 0 aliphatic carbocycles. The Labute approximate surface area is 125 Å². The number of hydrogen-bond donors (Lipinski definition) is 1. The number of para-hydroxylation sites is 1. The molecule has 1 heterocycles. The summed E-state index contributed by atoms with van der Waals surface area (Å²) in [6, 6.07) is 10.9. The molecule has 0 saturated heterocycles. The zero-order valence-electron chi connectivity index (χ0n) is 12.3. The fraction of sp³-hybridized carbons (Fsp3) is 0.412. The van der Waals surface area contributed by atoms with E-state index in [-0.39, 0.29) is 0 Å². The lowest BCUT2D eigenvalue weighted by Gasteiger charge is -2.20. The van der Waals surface area contributed by atoms with E-state index in [0.717, 1.165) is 31.7 Å². The first-order chi connectivity index (χ1) is 9.85. The van der Waals surface area contributed by atoms with Crippen LogP contribution in [0.3, 0.4) is 0 Å². The maximum Gasteiger partial charge on any atom is 0.124 e. The molecule has 2 nitrogen and oxygen atoms in total. The quantitative estimate of drug-likeness (QED) is 0.776. The van der Waals surface area contributed by atoms with Crippen LogP contribution in [-0.4, -0.2) is 13.2 Å². The molecule has 0 amide bonds. The van der Waals surface area contributed by atoms with Crippen molar-refractivity contribution in [3.8, 4) is 5.75 Å². The van der Waals surface area contributed by atoms with Crippen LogP contribution in [0.1, 0.15) is 37.4 Å². The van der Waals surface area contributed by atoms with Crippen molar-refractivity contribution in [2.75, 3.05) is 13.2 Å². The maximum absolute atomic E-state index is 6.00. The van der Waals surface area contributed by atoms with Crippen LogP contribution in [-0.2, 0) is 6.42 Å². The van der Waals surface area contributed by atoms with E-state index in [0.29, 0.717) is 6.04 Å². The Kier molecular flexibility index (Phi) is 6.09.